The number of thiophene rings is 1. The number of rotatable bonds is 7. The minimum absolute atomic E-state index is 0.0709. The summed E-state index contributed by atoms with van der Waals surface area (Å²) in [6.45, 7) is 5.66. The van der Waals surface area contributed by atoms with E-state index in [0.717, 1.165) is 32.2 Å². The largest absolute Gasteiger partial charge is 0.354 e. The first kappa shape index (κ1) is 17.2. The first-order valence-electron chi connectivity index (χ1n) is 8.79. The molecule has 1 amide bonds. The molecule has 0 unspecified atom stereocenters. The number of nitrogens with one attached hydrogen (secondary N) is 2. The summed E-state index contributed by atoms with van der Waals surface area (Å²) in [4.78, 5) is 13.6. The Balaban J connectivity index is 1.52. The van der Waals surface area contributed by atoms with E-state index in [2.05, 4.69) is 38.8 Å². The Morgan fingerprint density at radius 1 is 1.54 bits per heavy atom. The number of fused-ring (bicyclic) bond motifs is 1. The Kier molecular flexibility index (Phi) is 5.68. The highest BCUT2D eigenvalue weighted by Gasteiger charge is 2.26. The molecule has 1 aliphatic rings. The van der Waals surface area contributed by atoms with Crippen molar-refractivity contribution in [1.29, 1.82) is 0 Å². The van der Waals surface area contributed by atoms with E-state index < -0.39 is 0 Å². The van der Waals surface area contributed by atoms with Gasteiger partial charge in [-0.1, -0.05) is 6.07 Å². The van der Waals surface area contributed by atoms with Crippen molar-refractivity contribution in [2.75, 3.05) is 6.54 Å². The lowest BCUT2D eigenvalue weighted by molar-refractivity contribution is -0.122. The predicted octanol–water partition coefficient (Wildman–Crippen LogP) is 2.68. The van der Waals surface area contributed by atoms with Crippen LogP contribution in [0.2, 0.25) is 0 Å². The third-order valence-electron chi connectivity index (χ3n) is 4.66. The van der Waals surface area contributed by atoms with E-state index >= 15 is 0 Å². The van der Waals surface area contributed by atoms with Crippen LogP contribution >= 0.6 is 11.3 Å². The van der Waals surface area contributed by atoms with Crippen LogP contribution in [0.4, 0.5) is 0 Å². The van der Waals surface area contributed by atoms with Crippen LogP contribution < -0.4 is 10.6 Å². The highest BCUT2D eigenvalue weighted by atomic mass is 32.1. The van der Waals surface area contributed by atoms with Crippen LogP contribution in [-0.4, -0.2) is 28.3 Å². The first-order chi connectivity index (χ1) is 11.7. The molecular weight excluding hydrogens is 320 g/mol. The summed E-state index contributed by atoms with van der Waals surface area (Å²) in [6, 6.07) is 4.18. The average molecular weight is 347 g/mol. The van der Waals surface area contributed by atoms with Crippen molar-refractivity contribution < 1.29 is 4.79 Å². The summed E-state index contributed by atoms with van der Waals surface area (Å²) in [5.74, 6) is 0.0709. The monoisotopic (exact) mass is 346 g/mol. The number of amides is 1. The number of aromatic nitrogens is 2. The molecule has 0 aromatic carbocycles. The predicted molar refractivity (Wildman–Crippen MR) is 97.2 cm³/mol. The lowest BCUT2D eigenvalue weighted by Gasteiger charge is -2.27. The molecule has 2 aromatic rings. The fraction of sp³-hybridized carbons (Fsp3) is 0.556. The summed E-state index contributed by atoms with van der Waals surface area (Å²) >= 11 is 1.73. The molecule has 0 bridgehead atoms. The molecule has 2 heterocycles. The van der Waals surface area contributed by atoms with Crippen LogP contribution in [-0.2, 0) is 24.2 Å². The second-order valence-corrected chi connectivity index (χ2v) is 7.35. The molecule has 0 fully saturated rings. The van der Waals surface area contributed by atoms with E-state index in [1.807, 2.05) is 19.2 Å². The van der Waals surface area contributed by atoms with Crippen LogP contribution in [0.1, 0.15) is 48.9 Å². The second-order valence-electron chi connectivity index (χ2n) is 6.32. The van der Waals surface area contributed by atoms with Crippen LogP contribution in [0.15, 0.2) is 23.7 Å². The van der Waals surface area contributed by atoms with Gasteiger partial charge in [0.25, 0.3) is 0 Å². The molecule has 0 aliphatic heterocycles. The number of nitrogens with zero attached hydrogens (tertiary/aromatic N) is 2. The summed E-state index contributed by atoms with van der Waals surface area (Å²) in [5.41, 5.74) is 2.59. The van der Waals surface area contributed by atoms with Crippen LogP contribution in [0, 0.1) is 0 Å². The van der Waals surface area contributed by atoms with E-state index in [0.29, 0.717) is 6.54 Å². The van der Waals surface area contributed by atoms with Crippen molar-refractivity contribution in [3.05, 3.63) is 39.8 Å². The number of hydrogen-bond acceptors (Lipinski definition) is 4. The van der Waals surface area contributed by atoms with Crippen molar-refractivity contribution in [3.63, 3.8) is 0 Å². The van der Waals surface area contributed by atoms with E-state index in [1.54, 1.807) is 11.3 Å². The molecule has 0 saturated carbocycles. The van der Waals surface area contributed by atoms with Gasteiger partial charge in [-0.25, -0.2) is 0 Å². The maximum absolute atomic E-state index is 12.3. The van der Waals surface area contributed by atoms with E-state index in [-0.39, 0.29) is 18.0 Å². The molecule has 24 heavy (non-hydrogen) atoms. The maximum atomic E-state index is 12.3. The van der Waals surface area contributed by atoms with E-state index in [4.69, 9.17) is 0 Å². The smallest absolute Gasteiger partial charge is 0.236 e. The fourth-order valence-corrected chi connectivity index (χ4v) is 4.07. The van der Waals surface area contributed by atoms with E-state index in [1.165, 1.54) is 16.1 Å². The molecule has 130 valence electrons. The summed E-state index contributed by atoms with van der Waals surface area (Å²) < 4.78 is 2.08. The summed E-state index contributed by atoms with van der Waals surface area (Å²) in [6.07, 6.45) is 6.16. The lowest BCUT2D eigenvalue weighted by Crippen LogP contribution is -2.44. The van der Waals surface area contributed by atoms with Gasteiger partial charge < -0.3 is 5.32 Å². The zero-order valence-corrected chi connectivity index (χ0v) is 15.2. The molecule has 3 rings (SSSR count). The summed E-state index contributed by atoms with van der Waals surface area (Å²) in [7, 11) is 0. The van der Waals surface area contributed by atoms with Crippen molar-refractivity contribution >= 4 is 17.2 Å². The molecule has 1 aliphatic carbocycles. The normalized spacial score (nSPS) is 18.2. The van der Waals surface area contributed by atoms with Gasteiger partial charge in [0.15, 0.2) is 0 Å². The molecule has 0 saturated heterocycles. The minimum atomic E-state index is -0.200. The number of hydrogen-bond donors (Lipinski definition) is 2. The SMILES string of the molecule is CCn1ncc2c1CCC[C@H]2N[C@H](C)C(=O)NCCc1cccs1. The molecule has 0 spiro atoms. The van der Waals surface area contributed by atoms with Crippen molar-refractivity contribution in [3.8, 4) is 0 Å². The highest BCUT2D eigenvalue weighted by molar-refractivity contribution is 7.09. The summed E-state index contributed by atoms with van der Waals surface area (Å²) in [5, 5.41) is 13.1. The fourth-order valence-electron chi connectivity index (χ4n) is 3.36. The van der Waals surface area contributed by atoms with Gasteiger partial charge in [0.1, 0.15) is 0 Å². The zero-order chi connectivity index (χ0) is 16.9. The van der Waals surface area contributed by atoms with Crippen LogP contribution in [0.25, 0.3) is 0 Å². The van der Waals surface area contributed by atoms with Gasteiger partial charge in [0.05, 0.1) is 12.2 Å². The Morgan fingerprint density at radius 2 is 2.42 bits per heavy atom. The Bertz CT molecular complexity index is 665. The molecule has 5 nitrogen and oxygen atoms in total. The van der Waals surface area contributed by atoms with Crippen molar-refractivity contribution in [2.45, 2.75) is 58.2 Å². The third-order valence-corrected chi connectivity index (χ3v) is 5.59. The van der Waals surface area contributed by atoms with Gasteiger partial charge in [0.2, 0.25) is 5.91 Å². The van der Waals surface area contributed by atoms with Gasteiger partial charge in [-0.3, -0.25) is 14.8 Å². The Labute approximate surface area is 147 Å². The average Bonchev–Trinajstić information content (AvgIpc) is 3.24. The second kappa shape index (κ2) is 7.94. The van der Waals surface area contributed by atoms with E-state index in [9.17, 15) is 4.79 Å². The number of aryl methyl sites for hydroxylation is 1. The highest BCUT2D eigenvalue weighted by Crippen LogP contribution is 2.29. The standard InChI is InChI=1S/C18H26N4OS/c1-3-22-17-8-4-7-16(15(17)12-20-22)21-13(2)18(23)19-10-9-14-6-5-11-24-14/h5-6,11-13,16,21H,3-4,7-10H2,1-2H3,(H,19,23)/t13-,16-/m1/s1. The third kappa shape index (κ3) is 3.87. The Morgan fingerprint density at radius 3 is 3.17 bits per heavy atom. The minimum Gasteiger partial charge on any atom is -0.354 e. The van der Waals surface area contributed by atoms with Crippen molar-refractivity contribution in [1.82, 2.24) is 20.4 Å². The number of carbonyl (C=O) groups is 1. The van der Waals surface area contributed by atoms with Gasteiger partial charge in [-0.2, -0.15) is 5.10 Å². The molecule has 2 atom stereocenters. The molecular formula is C18H26N4OS. The quantitative estimate of drug-likeness (QED) is 0.810. The molecule has 2 aromatic heterocycles. The zero-order valence-electron chi connectivity index (χ0n) is 14.4. The topological polar surface area (TPSA) is 59.0 Å². The lowest BCUT2D eigenvalue weighted by atomic mass is 9.92. The van der Waals surface area contributed by atoms with Gasteiger partial charge in [-0.15, -0.1) is 11.3 Å². The maximum Gasteiger partial charge on any atom is 0.236 e. The van der Waals surface area contributed by atoms with Gasteiger partial charge in [0, 0.05) is 35.3 Å². The van der Waals surface area contributed by atoms with Gasteiger partial charge >= 0.3 is 0 Å². The number of carbonyl (C=O) groups excluding carboxylic acids is 1. The first-order valence-corrected chi connectivity index (χ1v) is 9.67. The van der Waals surface area contributed by atoms with Crippen molar-refractivity contribution in [2.24, 2.45) is 0 Å². The van der Waals surface area contributed by atoms with Gasteiger partial charge in [-0.05, 0) is 51.0 Å². The molecule has 6 heteroatoms. The molecule has 2 N–H and O–H groups in total. The van der Waals surface area contributed by atoms with Crippen LogP contribution in [0.5, 0.6) is 0 Å². The molecule has 0 radical (unpaired) electrons. The van der Waals surface area contributed by atoms with Crippen LogP contribution in [0.3, 0.4) is 0 Å². The Hall–Kier alpha value is -1.66.